The standard InChI is InChI=1S/C13H18N2O5/c1-10-9-11(15(18)19)3-4-12(10)13(17)14-5-2-7-20-8-6-16/h3-4,9,16H,2,5-8H2,1H3,(H,14,17). The second-order valence-corrected chi connectivity index (χ2v) is 4.20. The monoisotopic (exact) mass is 282 g/mol. The molecule has 0 radical (unpaired) electrons. The summed E-state index contributed by atoms with van der Waals surface area (Å²) >= 11 is 0. The van der Waals surface area contributed by atoms with Crippen LogP contribution in [0.4, 0.5) is 5.69 Å². The van der Waals surface area contributed by atoms with Gasteiger partial charge in [-0.25, -0.2) is 0 Å². The summed E-state index contributed by atoms with van der Waals surface area (Å²) in [6, 6.07) is 4.14. The van der Waals surface area contributed by atoms with E-state index in [2.05, 4.69) is 5.32 Å². The van der Waals surface area contributed by atoms with Crippen LogP contribution < -0.4 is 5.32 Å². The Labute approximate surface area is 116 Å². The van der Waals surface area contributed by atoms with Crippen LogP contribution in [0.25, 0.3) is 0 Å². The van der Waals surface area contributed by atoms with Crippen molar-refractivity contribution < 1.29 is 19.6 Å². The number of nitrogens with one attached hydrogen (secondary N) is 1. The van der Waals surface area contributed by atoms with Gasteiger partial charge in [-0.3, -0.25) is 14.9 Å². The Morgan fingerprint density at radius 1 is 1.45 bits per heavy atom. The van der Waals surface area contributed by atoms with Gasteiger partial charge in [-0.2, -0.15) is 0 Å². The second-order valence-electron chi connectivity index (χ2n) is 4.20. The van der Waals surface area contributed by atoms with Crippen LogP contribution in [0.3, 0.4) is 0 Å². The Hall–Kier alpha value is -1.99. The van der Waals surface area contributed by atoms with E-state index in [1.807, 2.05) is 0 Å². The molecule has 0 atom stereocenters. The zero-order valence-corrected chi connectivity index (χ0v) is 11.3. The zero-order chi connectivity index (χ0) is 15.0. The van der Waals surface area contributed by atoms with Gasteiger partial charge in [0.05, 0.1) is 18.1 Å². The molecule has 2 N–H and O–H groups in total. The van der Waals surface area contributed by atoms with Crippen molar-refractivity contribution in [3.05, 3.63) is 39.4 Å². The molecule has 0 saturated heterocycles. The lowest BCUT2D eigenvalue weighted by molar-refractivity contribution is -0.384. The topological polar surface area (TPSA) is 102 Å². The number of nitro benzene ring substituents is 1. The maximum absolute atomic E-state index is 11.9. The van der Waals surface area contributed by atoms with Crippen LogP contribution in [0.15, 0.2) is 18.2 Å². The van der Waals surface area contributed by atoms with Crippen LogP contribution in [0.1, 0.15) is 22.3 Å². The highest BCUT2D eigenvalue weighted by molar-refractivity contribution is 5.95. The first-order valence-corrected chi connectivity index (χ1v) is 6.28. The molecule has 0 saturated carbocycles. The van der Waals surface area contributed by atoms with Gasteiger partial charge in [0.15, 0.2) is 0 Å². The van der Waals surface area contributed by atoms with Gasteiger partial charge in [0, 0.05) is 30.8 Å². The Morgan fingerprint density at radius 2 is 2.20 bits per heavy atom. The average molecular weight is 282 g/mol. The molecule has 1 rings (SSSR count). The fourth-order valence-corrected chi connectivity index (χ4v) is 1.65. The molecule has 0 aliphatic carbocycles. The van der Waals surface area contributed by atoms with E-state index in [0.717, 1.165) is 0 Å². The Kier molecular flexibility index (Phi) is 6.61. The molecule has 0 aliphatic heterocycles. The number of hydrogen-bond donors (Lipinski definition) is 2. The average Bonchev–Trinajstić information content (AvgIpc) is 2.42. The Bertz CT molecular complexity index is 476. The van der Waals surface area contributed by atoms with E-state index in [1.165, 1.54) is 18.2 Å². The number of nitro groups is 1. The van der Waals surface area contributed by atoms with E-state index in [0.29, 0.717) is 30.7 Å². The third-order valence-electron chi connectivity index (χ3n) is 2.65. The molecule has 0 bridgehead atoms. The van der Waals surface area contributed by atoms with Crippen molar-refractivity contribution in [1.82, 2.24) is 5.32 Å². The fourth-order valence-electron chi connectivity index (χ4n) is 1.65. The number of amides is 1. The second kappa shape index (κ2) is 8.23. The summed E-state index contributed by atoms with van der Waals surface area (Å²) in [6.45, 7) is 2.83. The van der Waals surface area contributed by atoms with Crippen molar-refractivity contribution in [2.45, 2.75) is 13.3 Å². The molecule has 110 valence electrons. The van der Waals surface area contributed by atoms with Gasteiger partial charge < -0.3 is 15.2 Å². The largest absolute Gasteiger partial charge is 0.394 e. The van der Waals surface area contributed by atoms with Gasteiger partial charge in [-0.1, -0.05) is 0 Å². The number of carbonyl (C=O) groups excluding carboxylic acids is 1. The van der Waals surface area contributed by atoms with Gasteiger partial charge in [0.25, 0.3) is 11.6 Å². The Morgan fingerprint density at radius 3 is 2.80 bits per heavy atom. The number of rotatable bonds is 8. The SMILES string of the molecule is Cc1cc([N+](=O)[O-])ccc1C(=O)NCCCOCCO. The molecule has 0 aromatic heterocycles. The smallest absolute Gasteiger partial charge is 0.269 e. The zero-order valence-electron chi connectivity index (χ0n) is 11.3. The summed E-state index contributed by atoms with van der Waals surface area (Å²) in [7, 11) is 0. The van der Waals surface area contributed by atoms with Crippen molar-refractivity contribution in [3.63, 3.8) is 0 Å². The highest BCUT2D eigenvalue weighted by atomic mass is 16.6. The summed E-state index contributed by atoms with van der Waals surface area (Å²) < 4.78 is 5.06. The predicted molar refractivity (Wildman–Crippen MR) is 72.7 cm³/mol. The number of hydrogen-bond acceptors (Lipinski definition) is 5. The molecule has 1 aromatic rings. The molecule has 0 aliphatic rings. The van der Waals surface area contributed by atoms with Gasteiger partial charge in [-0.05, 0) is 25.0 Å². The number of carbonyl (C=O) groups is 1. The van der Waals surface area contributed by atoms with Crippen molar-refractivity contribution in [2.24, 2.45) is 0 Å². The van der Waals surface area contributed by atoms with Crippen molar-refractivity contribution in [3.8, 4) is 0 Å². The van der Waals surface area contributed by atoms with Crippen molar-refractivity contribution >= 4 is 11.6 Å². The first kappa shape index (κ1) is 16.1. The number of non-ortho nitro benzene ring substituents is 1. The number of aryl methyl sites for hydroxylation is 1. The molecule has 0 spiro atoms. The molecule has 0 unspecified atom stereocenters. The van der Waals surface area contributed by atoms with Crippen LogP contribution in [-0.4, -0.2) is 42.3 Å². The van der Waals surface area contributed by atoms with Gasteiger partial charge >= 0.3 is 0 Å². The van der Waals surface area contributed by atoms with E-state index in [4.69, 9.17) is 9.84 Å². The minimum absolute atomic E-state index is 0.0195. The van der Waals surface area contributed by atoms with Crippen molar-refractivity contribution in [1.29, 1.82) is 0 Å². The third kappa shape index (κ3) is 4.94. The van der Waals surface area contributed by atoms with E-state index in [9.17, 15) is 14.9 Å². The predicted octanol–water partition coefficient (Wildman–Crippen LogP) is 1.03. The van der Waals surface area contributed by atoms with E-state index in [1.54, 1.807) is 6.92 Å². The summed E-state index contributed by atoms with van der Waals surface area (Å²) in [5.74, 6) is -0.264. The number of aliphatic hydroxyl groups excluding tert-OH is 1. The lowest BCUT2D eigenvalue weighted by Gasteiger charge is -2.07. The van der Waals surface area contributed by atoms with Crippen LogP contribution >= 0.6 is 0 Å². The maximum atomic E-state index is 11.9. The fraction of sp³-hybridized carbons (Fsp3) is 0.462. The summed E-state index contributed by atoms with van der Waals surface area (Å²) in [6.07, 6.45) is 0.637. The number of nitrogens with zero attached hydrogens (tertiary/aromatic N) is 1. The van der Waals surface area contributed by atoms with Gasteiger partial charge in [0.2, 0.25) is 0 Å². The number of ether oxygens (including phenoxy) is 1. The molecule has 0 fully saturated rings. The summed E-state index contributed by atoms with van der Waals surface area (Å²) in [4.78, 5) is 22.0. The minimum atomic E-state index is -0.493. The van der Waals surface area contributed by atoms with E-state index in [-0.39, 0.29) is 24.8 Å². The van der Waals surface area contributed by atoms with Crippen LogP contribution in [0.2, 0.25) is 0 Å². The minimum Gasteiger partial charge on any atom is -0.394 e. The molecule has 7 heteroatoms. The molecule has 1 aromatic carbocycles. The molecular formula is C13H18N2O5. The first-order chi connectivity index (χ1) is 9.56. The normalized spacial score (nSPS) is 10.3. The Balaban J connectivity index is 2.45. The lowest BCUT2D eigenvalue weighted by Crippen LogP contribution is -2.26. The van der Waals surface area contributed by atoms with E-state index >= 15 is 0 Å². The molecule has 20 heavy (non-hydrogen) atoms. The van der Waals surface area contributed by atoms with Gasteiger partial charge in [0.1, 0.15) is 0 Å². The molecule has 1 amide bonds. The molecular weight excluding hydrogens is 264 g/mol. The van der Waals surface area contributed by atoms with Crippen LogP contribution in [0.5, 0.6) is 0 Å². The summed E-state index contributed by atoms with van der Waals surface area (Å²) in [5, 5.41) is 21.8. The number of aliphatic hydroxyl groups is 1. The lowest BCUT2D eigenvalue weighted by atomic mass is 10.1. The molecule has 0 heterocycles. The summed E-state index contributed by atoms with van der Waals surface area (Å²) in [5.41, 5.74) is 0.955. The highest BCUT2D eigenvalue weighted by Crippen LogP contribution is 2.16. The highest BCUT2D eigenvalue weighted by Gasteiger charge is 2.12. The maximum Gasteiger partial charge on any atom is 0.269 e. The first-order valence-electron chi connectivity index (χ1n) is 6.28. The van der Waals surface area contributed by atoms with Crippen LogP contribution in [-0.2, 0) is 4.74 Å². The number of benzene rings is 1. The van der Waals surface area contributed by atoms with Crippen molar-refractivity contribution in [2.75, 3.05) is 26.4 Å². The van der Waals surface area contributed by atoms with Crippen LogP contribution in [0, 0.1) is 17.0 Å². The molecule has 7 nitrogen and oxygen atoms in total. The third-order valence-corrected chi connectivity index (χ3v) is 2.65. The van der Waals surface area contributed by atoms with Gasteiger partial charge in [-0.15, -0.1) is 0 Å². The quantitative estimate of drug-likeness (QED) is 0.421. The van der Waals surface area contributed by atoms with E-state index < -0.39 is 4.92 Å².